The quantitative estimate of drug-likeness (QED) is 0.227. The molecule has 0 N–H and O–H groups in total. The average molecular weight is 492 g/mol. The third-order valence-corrected chi connectivity index (χ3v) is 8.53. The van der Waals surface area contributed by atoms with Gasteiger partial charge in [0.05, 0.1) is 11.0 Å². The Labute approximate surface area is 225 Å². The lowest BCUT2D eigenvalue weighted by atomic mass is 9.84. The van der Waals surface area contributed by atoms with E-state index in [1.54, 1.807) is 0 Å². The molecule has 0 spiro atoms. The number of hydrogen-bond acceptors (Lipinski definition) is 0. The number of nitrogens with zero attached hydrogens (tertiary/aromatic N) is 1. The summed E-state index contributed by atoms with van der Waals surface area (Å²) in [7, 11) is 0. The first kappa shape index (κ1) is 23.0. The summed E-state index contributed by atoms with van der Waals surface area (Å²) in [6, 6.07) is 32.5. The van der Waals surface area contributed by atoms with Crippen LogP contribution in [-0.2, 0) is 0 Å². The van der Waals surface area contributed by atoms with Crippen LogP contribution in [0.5, 0.6) is 0 Å². The zero-order chi connectivity index (χ0) is 26.3. The molecule has 1 nitrogen and oxygen atoms in total. The highest BCUT2D eigenvalue weighted by molar-refractivity contribution is 6.09. The van der Waals surface area contributed by atoms with Gasteiger partial charge in [0.25, 0.3) is 0 Å². The van der Waals surface area contributed by atoms with Crippen molar-refractivity contribution >= 4 is 21.8 Å². The molecule has 1 heteroatoms. The van der Waals surface area contributed by atoms with Gasteiger partial charge in [0, 0.05) is 22.4 Å². The molecule has 38 heavy (non-hydrogen) atoms. The maximum Gasteiger partial charge on any atom is 0.0541 e. The van der Waals surface area contributed by atoms with E-state index in [9.17, 15) is 0 Å². The topological polar surface area (TPSA) is 4.93 Å². The van der Waals surface area contributed by atoms with Gasteiger partial charge in [0.2, 0.25) is 0 Å². The van der Waals surface area contributed by atoms with Crippen molar-refractivity contribution in [3.05, 3.63) is 135 Å². The molecule has 7 rings (SSSR count). The van der Waals surface area contributed by atoms with Crippen molar-refractivity contribution in [2.24, 2.45) is 0 Å². The second-order valence-corrected chi connectivity index (χ2v) is 11.5. The molecule has 1 atom stereocenters. The van der Waals surface area contributed by atoms with E-state index in [0.717, 1.165) is 0 Å². The Kier molecular flexibility index (Phi) is 4.97. The van der Waals surface area contributed by atoms with Gasteiger partial charge in [0.15, 0.2) is 0 Å². The number of rotatable bonds is 2. The van der Waals surface area contributed by atoms with Gasteiger partial charge in [0.1, 0.15) is 0 Å². The van der Waals surface area contributed by atoms with E-state index in [2.05, 4.69) is 131 Å². The highest BCUT2D eigenvalue weighted by Crippen LogP contribution is 2.51. The monoisotopic (exact) mass is 491 g/mol. The smallest absolute Gasteiger partial charge is 0.0541 e. The fourth-order valence-corrected chi connectivity index (χ4v) is 6.87. The first-order valence-corrected chi connectivity index (χ1v) is 13.6. The van der Waals surface area contributed by atoms with Crippen molar-refractivity contribution in [2.45, 2.75) is 47.5 Å². The van der Waals surface area contributed by atoms with Crippen molar-refractivity contribution in [3.8, 4) is 16.8 Å². The van der Waals surface area contributed by atoms with Crippen molar-refractivity contribution in [1.82, 2.24) is 4.57 Å². The predicted octanol–water partition coefficient (Wildman–Crippen LogP) is 9.79. The maximum absolute atomic E-state index is 2.44. The van der Waals surface area contributed by atoms with E-state index >= 15 is 0 Å². The Bertz CT molecular complexity index is 1870. The highest BCUT2D eigenvalue weighted by Gasteiger charge is 2.32. The molecule has 186 valence electrons. The SMILES string of the molecule is Cc1ccc2c(c1)-c1cc(C)cc(C)c1C2c1ccc(-n2c3ccc(C)cc3c3cc(C)ccc32)cc1C. The fourth-order valence-electron chi connectivity index (χ4n) is 6.87. The molecule has 0 fully saturated rings. The van der Waals surface area contributed by atoms with Crippen LogP contribution in [0.25, 0.3) is 38.6 Å². The van der Waals surface area contributed by atoms with Crippen LogP contribution in [-0.4, -0.2) is 4.57 Å². The molecule has 5 aromatic carbocycles. The molecule has 1 aromatic heterocycles. The second kappa shape index (κ2) is 8.20. The van der Waals surface area contributed by atoms with Crippen LogP contribution in [0.15, 0.2) is 84.9 Å². The summed E-state index contributed by atoms with van der Waals surface area (Å²) in [5.74, 6) is 0.263. The predicted molar refractivity (Wildman–Crippen MR) is 162 cm³/mol. The van der Waals surface area contributed by atoms with Crippen LogP contribution in [0.2, 0.25) is 0 Å². The minimum atomic E-state index is 0.263. The van der Waals surface area contributed by atoms with E-state index in [1.165, 1.54) is 88.7 Å². The van der Waals surface area contributed by atoms with Gasteiger partial charge in [-0.15, -0.1) is 0 Å². The summed E-state index contributed by atoms with van der Waals surface area (Å²) in [6.45, 7) is 13.3. The molecule has 6 aromatic rings. The molecule has 0 bridgehead atoms. The van der Waals surface area contributed by atoms with Gasteiger partial charge in [-0.2, -0.15) is 0 Å². The number of aryl methyl sites for hydroxylation is 6. The molecular formula is C37H33N. The zero-order valence-electron chi connectivity index (χ0n) is 23.1. The van der Waals surface area contributed by atoms with Crippen molar-refractivity contribution in [1.29, 1.82) is 0 Å². The van der Waals surface area contributed by atoms with E-state index < -0.39 is 0 Å². The summed E-state index contributed by atoms with van der Waals surface area (Å²) in [5, 5.41) is 2.65. The summed E-state index contributed by atoms with van der Waals surface area (Å²) in [5.41, 5.74) is 18.8. The lowest BCUT2D eigenvalue weighted by Crippen LogP contribution is -2.05. The molecule has 1 unspecified atom stereocenters. The van der Waals surface area contributed by atoms with E-state index in [1.807, 2.05) is 0 Å². The molecule has 1 heterocycles. The minimum Gasteiger partial charge on any atom is -0.309 e. The van der Waals surface area contributed by atoms with Crippen molar-refractivity contribution < 1.29 is 0 Å². The highest BCUT2D eigenvalue weighted by atomic mass is 15.0. The lowest BCUT2D eigenvalue weighted by Gasteiger charge is -2.20. The number of hydrogen-bond donors (Lipinski definition) is 0. The number of benzene rings is 5. The van der Waals surface area contributed by atoms with Crippen LogP contribution in [0, 0.1) is 41.5 Å². The first-order valence-electron chi connectivity index (χ1n) is 13.6. The Balaban J connectivity index is 1.45. The van der Waals surface area contributed by atoms with Gasteiger partial charge in [-0.05, 0) is 117 Å². The molecule has 0 saturated carbocycles. The zero-order valence-corrected chi connectivity index (χ0v) is 23.1. The summed E-state index contributed by atoms with van der Waals surface area (Å²) in [6.07, 6.45) is 0. The van der Waals surface area contributed by atoms with Crippen LogP contribution < -0.4 is 0 Å². The Hall–Kier alpha value is -4.10. The van der Waals surface area contributed by atoms with Crippen LogP contribution in [0.1, 0.15) is 56.0 Å². The van der Waals surface area contributed by atoms with Crippen molar-refractivity contribution in [2.75, 3.05) is 0 Å². The van der Waals surface area contributed by atoms with Gasteiger partial charge in [-0.25, -0.2) is 0 Å². The van der Waals surface area contributed by atoms with Gasteiger partial charge >= 0.3 is 0 Å². The fraction of sp³-hybridized carbons (Fsp3) is 0.189. The summed E-state index contributed by atoms with van der Waals surface area (Å²) >= 11 is 0. The molecule has 0 aliphatic heterocycles. The normalized spacial score (nSPS) is 14.3. The van der Waals surface area contributed by atoms with Crippen molar-refractivity contribution in [3.63, 3.8) is 0 Å². The summed E-state index contributed by atoms with van der Waals surface area (Å²) < 4.78 is 2.44. The molecule has 0 amide bonds. The van der Waals surface area contributed by atoms with Crippen LogP contribution >= 0.6 is 0 Å². The minimum absolute atomic E-state index is 0.263. The number of aromatic nitrogens is 1. The van der Waals surface area contributed by atoms with Gasteiger partial charge < -0.3 is 4.57 Å². The largest absolute Gasteiger partial charge is 0.309 e. The standard InChI is InChI=1S/C37H33N/c1-21-7-11-29-30(16-21)33-19-24(4)15-26(6)36(33)37(29)28-12-10-27(20-25(28)5)38-34-13-8-22(2)17-31(34)32-18-23(3)9-14-35(32)38/h7-20,37H,1-6H3. The van der Waals surface area contributed by atoms with Gasteiger partial charge in [-0.1, -0.05) is 70.8 Å². The Morgan fingerprint density at radius 1 is 0.474 bits per heavy atom. The molecule has 0 radical (unpaired) electrons. The Morgan fingerprint density at radius 3 is 1.71 bits per heavy atom. The van der Waals surface area contributed by atoms with Crippen LogP contribution in [0.4, 0.5) is 0 Å². The number of fused-ring (bicyclic) bond motifs is 6. The summed E-state index contributed by atoms with van der Waals surface area (Å²) in [4.78, 5) is 0. The Morgan fingerprint density at radius 2 is 1.05 bits per heavy atom. The molecule has 1 aliphatic carbocycles. The first-order chi connectivity index (χ1) is 18.3. The average Bonchev–Trinajstić information content (AvgIpc) is 3.36. The second-order valence-electron chi connectivity index (χ2n) is 11.5. The van der Waals surface area contributed by atoms with E-state index in [4.69, 9.17) is 0 Å². The molecule has 0 saturated heterocycles. The maximum atomic E-state index is 2.44. The van der Waals surface area contributed by atoms with E-state index in [-0.39, 0.29) is 5.92 Å². The molecule has 1 aliphatic rings. The third kappa shape index (κ3) is 3.31. The van der Waals surface area contributed by atoms with E-state index in [0.29, 0.717) is 0 Å². The lowest BCUT2D eigenvalue weighted by molar-refractivity contribution is 0.977. The molecular weight excluding hydrogens is 458 g/mol. The van der Waals surface area contributed by atoms with Crippen LogP contribution in [0.3, 0.4) is 0 Å². The van der Waals surface area contributed by atoms with Gasteiger partial charge in [-0.3, -0.25) is 0 Å². The third-order valence-electron chi connectivity index (χ3n) is 8.53.